The quantitative estimate of drug-likeness (QED) is 0.896. The second-order valence-electron chi connectivity index (χ2n) is 3.25. The van der Waals surface area contributed by atoms with E-state index >= 15 is 0 Å². The van der Waals surface area contributed by atoms with Crippen molar-refractivity contribution in [1.82, 2.24) is 5.32 Å². The summed E-state index contributed by atoms with van der Waals surface area (Å²) in [6.07, 6.45) is -0.648. The van der Waals surface area contributed by atoms with Crippen molar-refractivity contribution in [3.8, 4) is 0 Å². The molecule has 0 heterocycles. The first-order valence-corrected chi connectivity index (χ1v) is 5.94. The van der Waals surface area contributed by atoms with E-state index in [1.165, 1.54) is 6.07 Å². The highest BCUT2D eigenvalue weighted by molar-refractivity contribution is 6.35. The van der Waals surface area contributed by atoms with Crippen molar-refractivity contribution in [2.75, 3.05) is 18.5 Å². The molecule has 0 aliphatic carbocycles. The van der Waals surface area contributed by atoms with E-state index in [4.69, 9.17) is 23.2 Å². The van der Waals surface area contributed by atoms with Gasteiger partial charge < -0.3 is 15.4 Å². The number of anilines is 1. The average molecular weight is 291 g/mol. The second kappa shape index (κ2) is 7.08. The van der Waals surface area contributed by atoms with Crippen LogP contribution in [0.3, 0.4) is 0 Å². The molecule has 0 radical (unpaired) electrons. The number of carbonyl (C=O) groups excluding carboxylic acids is 2. The van der Waals surface area contributed by atoms with Crippen LogP contribution in [0.15, 0.2) is 18.2 Å². The van der Waals surface area contributed by atoms with E-state index in [2.05, 4.69) is 15.4 Å². The summed E-state index contributed by atoms with van der Waals surface area (Å²) in [4.78, 5) is 22.5. The Hall–Kier alpha value is -1.46. The Labute approximate surface area is 114 Å². The van der Waals surface area contributed by atoms with Crippen LogP contribution in [-0.4, -0.2) is 25.2 Å². The Balaban J connectivity index is 2.49. The molecular formula is C11H12Cl2N2O3. The molecule has 2 N–H and O–H groups in total. The van der Waals surface area contributed by atoms with Crippen molar-refractivity contribution in [3.63, 3.8) is 0 Å². The van der Waals surface area contributed by atoms with Crippen LogP contribution in [0.2, 0.25) is 10.0 Å². The molecule has 18 heavy (non-hydrogen) atoms. The predicted octanol–water partition coefficient (Wildman–Crippen LogP) is 2.68. The minimum Gasteiger partial charge on any atom is -0.450 e. The van der Waals surface area contributed by atoms with Crippen molar-refractivity contribution in [1.29, 1.82) is 0 Å². The Morgan fingerprint density at radius 3 is 2.72 bits per heavy atom. The lowest BCUT2D eigenvalue weighted by atomic mass is 10.3. The molecule has 0 saturated carbocycles. The van der Waals surface area contributed by atoms with Crippen LogP contribution in [0.1, 0.15) is 6.92 Å². The van der Waals surface area contributed by atoms with Crippen LogP contribution in [0.4, 0.5) is 10.5 Å². The molecule has 0 atom stereocenters. The Kier molecular flexibility index (Phi) is 5.74. The van der Waals surface area contributed by atoms with Gasteiger partial charge in [0.05, 0.1) is 17.3 Å². The minimum atomic E-state index is -0.648. The summed E-state index contributed by atoms with van der Waals surface area (Å²) in [5.41, 5.74) is 0.389. The van der Waals surface area contributed by atoms with Gasteiger partial charge in [-0.1, -0.05) is 23.2 Å². The fourth-order valence-electron chi connectivity index (χ4n) is 1.12. The molecule has 0 bridgehead atoms. The number of carbonyl (C=O) groups is 2. The van der Waals surface area contributed by atoms with Gasteiger partial charge in [0.15, 0.2) is 0 Å². The van der Waals surface area contributed by atoms with Gasteiger partial charge in [0.1, 0.15) is 6.54 Å². The Morgan fingerprint density at radius 2 is 2.06 bits per heavy atom. The fraction of sp³-hybridized carbons (Fsp3) is 0.273. The van der Waals surface area contributed by atoms with Crippen molar-refractivity contribution in [2.45, 2.75) is 6.92 Å². The van der Waals surface area contributed by atoms with Crippen molar-refractivity contribution in [3.05, 3.63) is 28.2 Å². The molecule has 0 aromatic heterocycles. The highest BCUT2D eigenvalue weighted by Crippen LogP contribution is 2.25. The lowest BCUT2D eigenvalue weighted by molar-refractivity contribution is -0.115. The summed E-state index contributed by atoms with van der Waals surface area (Å²) in [6, 6.07) is 4.70. The summed E-state index contributed by atoms with van der Waals surface area (Å²) in [7, 11) is 0. The number of hydrogen-bond acceptors (Lipinski definition) is 3. The van der Waals surface area contributed by atoms with E-state index in [-0.39, 0.29) is 13.2 Å². The maximum atomic E-state index is 11.5. The molecule has 1 aromatic carbocycles. The van der Waals surface area contributed by atoms with Crippen LogP contribution in [0.5, 0.6) is 0 Å². The molecule has 2 amide bonds. The smallest absolute Gasteiger partial charge is 0.407 e. The van der Waals surface area contributed by atoms with E-state index < -0.39 is 12.0 Å². The standard InChI is InChI=1S/C11H12Cl2N2O3/c1-2-18-11(17)14-6-10(16)15-9-5-7(12)3-4-8(9)13/h3-5H,2,6H2,1H3,(H,14,17)(H,15,16). The molecule has 0 saturated heterocycles. The van der Waals surface area contributed by atoms with Crippen molar-refractivity contribution in [2.24, 2.45) is 0 Å². The van der Waals surface area contributed by atoms with Crippen LogP contribution in [-0.2, 0) is 9.53 Å². The first kappa shape index (κ1) is 14.6. The van der Waals surface area contributed by atoms with Crippen LogP contribution in [0, 0.1) is 0 Å². The fourth-order valence-corrected chi connectivity index (χ4v) is 1.46. The topological polar surface area (TPSA) is 67.4 Å². The largest absolute Gasteiger partial charge is 0.450 e. The average Bonchev–Trinajstić information content (AvgIpc) is 2.32. The summed E-state index contributed by atoms with van der Waals surface area (Å²) in [5, 5.41) is 5.63. The van der Waals surface area contributed by atoms with Gasteiger partial charge in [-0.3, -0.25) is 4.79 Å². The molecule has 98 valence electrons. The van der Waals surface area contributed by atoms with Gasteiger partial charge in [0.25, 0.3) is 0 Å². The third kappa shape index (κ3) is 4.81. The normalized spacial score (nSPS) is 9.72. The monoisotopic (exact) mass is 290 g/mol. The molecule has 5 nitrogen and oxygen atoms in total. The third-order valence-corrected chi connectivity index (χ3v) is 2.44. The second-order valence-corrected chi connectivity index (χ2v) is 4.09. The first-order valence-electron chi connectivity index (χ1n) is 5.18. The maximum absolute atomic E-state index is 11.5. The van der Waals surface area contributed by atoms with Crippen LogP contribution < -0.4 is 10.6 Å². The summed E-state index contributed by atoms with van der Waals surface area (Å²) in [5.74, 6) is -0.424. The molecule has 7 heteroatoms. The number of hydrogen-bond donors (Lipinski definition) is 2. The number of rotatable bonds is 4. The summed E-state index contributed by atoms with van der Waals surface area (Å²) < 4.78 is 4.61. The van der Waals surface area contributed by atoms with Gasteiger partial charge in [0.2, 0.25) is 5.91 Å². The molecule has 0 fully saturated rings. The molecule has 0 aliphatic heterocycles. The van der Waals surface area contributed by atoms with Gasteiger partial charge >= 0.3 is 6.09 Å². The number of benzene rings is 1. The molecule has 1 rings (SSSR count). The summed E-state index contributed by atoms with van der Waals surface area (Å²) in [6.45, 7) is 1.71. The van der Waals surface area contributed by atoms with Gasteiger partial charge in [-0.05, 0) is 25.1 Å². The molecule has 0 spiro atoms. The van der Waals surface area contributed by atoms with Gasteiger partial charge in [-0.2, -0.15) is 0 Å². The molecular weight excluding hydrogens is 279 g/mol. The van der Waals surface area contributed by atoms with Crippen molar-refractivity contribution >= 4 is 40.9 Å². The number of ether oxygens (including phenoxy) is 1. The lowest BCUT2D eigenvalue weighted by Gasteiger charge is -2.08. The molecule has 1 aromatic rings. The number of alkyl carbamates (subject to hydrolysis) is 1. The zero-order valence-corrected chi connectivity index (χ0v) is 11.1. The van der Waals surface area contributed by atoms with E-state index in [1.807, 2.05) is 0 Å². The number of amides is 2. The minimum absolute atomic E-state index is 0.207. The molecule has 0 aliphatic rings. The molecule has 0 unspecified atom stereocenters. The highest BCUT2D eigenvalue weighted by Gasteiger charge is 2.08. The zero-order valence-electron chi connectivity index (χ0n) is 9.63. The van der Waals surface area contributed by atoms with Crippen molar-refractivity contribution < 1.29 is 14.3 Å². The zero-order chi connectivity index (χ0) is 13.5. The van der Waals surface area contributed by atoms with Gasteiger partial charge in [0, 0.05) is 5.02 Å². The Morgan fingerprint density at radius 1 is 1.33 bits per heavy atom. The van der Waals surface area contributed by atoms with Gasteiger partial charge in [-0.15, -0.1) is 0 Å². The lowest BCUT2D eigenvalue weighted by Crippen LogP contribution is -2.33. The van der Waals surface area contributed by atoms with Gasteiger partial charge in [-0.25, -0.2) is 4.79 Å². The highest BCUT2D eigenvalue weighted by atomic mass is 35.5. The predicted molar refractivity (Wildman–Crippen MR) is 70.1 cm³/mol. The van der Waals surface area contributed by atoms with Crippen LogP contribution >= 0.6 is 23.2 Å². The van der Waals surface area contributed by atoms with E-state index in [0.717, 1.165) is 0 Å². The SMILES string of the molecule is CCOC(=O)NCC(=O)Nc1cc(Cl)ccc1Cl. The van der Waals surface area contributed by atoms with E-state index in [1.54, 1.807) is 19.1 Å². The third-order valence-electron chi connectivity index (χ3n) is 1.87. The number of halogens is 2. The van der Waals surface area contributed by atoms with E-state index in [0.29, 0.717) is 15.7 Å². The maximum Gasteiger partial charge on any atom is 0.407 e. The number of nitrogens with one attached hydrogen (secondary N) is 2. The van der Waals surface area contributed by atoms with E-state index in [9.17, 15) is 9.59 Å². The Bertz CT molecular complexity index is 452. The van der Waals surface area contributed by atoms with Crippen LogP contribution in [0.25, 0.3) is 0 Å². The summed E-state index contributed by atoms with van der Waals surface area (Å²) >= 11 is 11.6. The first-order chi connectivity index (χ1) is 8.52.